The number of aromatic nitrogens is 2. The number of nitrogens with one attached hydrogen (secondary N) is 1. The van der Waals surface area contributed by atoms with Gasteiger partial charge < -0.3 is 14.8 Å². The first kappa shape index (κ1) is 19.9. The number of carbonyl (C=O) groups excluding carboxylic acids is 1. The maximum atomic E-state index is 12.9. The molecule has 1 N–H and O–H groups in total. The Morgan fingerprint density at radius 1 is 1.18 bits per heavy atom. The molecule has 1 amide bonds. The van der Waals surface area contributed by atoms with Crippen LogP contribution >= 0.6 is 11.6 Å². The second kappa shape index (κ2) is 8.91. The molecule has 0 aliphatic rings. The SMILES string of the molecule is COc1ccccc1-c1nn(C)cc1C(=O)NC[C@@H](OC)c1ccccc1Cl. The Labute approximate surface area is 169 Å². The topological polar surface area (TPSA) is 65.4 Å². The molecule has 0 aliphatic carbocycles. The number of benzene rings is 2. The van der Waals surface area contributed by atoms with Crippen LogP contribution in [0.5, 0.6) is 5.75 Å². The minimum absolute atomic E-state index is 0.247. The highest BCUT2D eigenvalue weighted by Crippen LogP contribution is 2.31. The van der Waals surface area contributed by atoms with Gasteiger partial charge in [-0.15, -0.1) is 0 Å². The summed E-state index contributed by atoms with van der Waals surface area (Å²) in [6.45, 7) is 0.277. The lowest BCUT2D eigenvalue weighted by Crippen LogP contribution is -2.29. The van der Waals surface area contributed by atoms with Gasteiger partial charge in [-0.3, -0.25) is 9.48 Å². The second-order valence-electron chi connectivity index (χ2n) is 6.22. The largest absolute Gasteiger partial charge is 0.496 e. The first-order valence-electron chi connectivity index (χ1n) is 8.77. The Bertz CT molecular complexity index is 971. The lowest BCUT2D eigenvalue weighted by Gasteiger charge is -2.17. The van der Waals surface area contributed by atoms with Gasteiger partial charge in [-0.25, -0.2) is 0 Å². The van der Waals surface area contributed by atoms with Crippen molar-refractivity contribution in [1.82, 2.24) is 15.1 Å². The summed E-state index contributed by atoms with van der Waals surface area (Å²) in [5.41, 5.74) is 2.60. The third-order valence-electron chi connectivity index (χ3n) is 4.42. The van der Waals surface area contributed by atoms with Crippen LogP contribution in [0.4, 0.5) is 0 Å². The van der Waals surface area contributed by atoms with Crippen molar-refractivity contribution in [2.45, 2.75) is 6.10 Å². The van der Waals surface area contributed by atoms with E-state index in [-0.39, 0.29) is 18.6 Å². The zero-order valence-electron chi connectivity index (χ0n) is 16.0. The molecular weight excluding hydrogens is 378 g/mol. The maximum absolute atomic E-state index is 12.9. The summed E-state index contributed by atoms with van der Waals surface area (Å²) in [6.07, 6.45) is 1.33. The van der Waals surface area contributed by atoms with Crippen molar-refractivity contribution in [2.75, 3.05) is 20.8 Å². The smallest absolute Gasteiger partial charge is 0.255 e. The third-order valence-corrected chi connectivity index (χ3v) is 4.76. The summed E-state index contributed by atoms with van der Waals surface area (Å²) in [7, 11) is 4.95. The fourth-order valence-electron chi connectivity index (χ4n) is 3.03. The van der Waals surface area contributed by atoms with Crippen LogP contribution in [0.1, 0.15) is 22.0 Å². The first-order chi connectivity index (χ1) is 13.5. The molecule has 0 fully saturated rings. The number of rotatable bonds is 7. The number of ether oxygens (including phenoxy) is 2. The van der Waals surface area contributed by atoms with E-state index in [1.807, 2.05) is 42.5 Å². The molecule has 3 rings (SSSR count). The highest BCUT2D eigenvalue weighted by molar-refractivity contribution is 6.31. The fraction of sp³-hybridized carbons (Fsp3) is 0.238. The van der Waals surface area contributed by atoms with E-state index in [1.165, 1.54) is 0 Å². The number of amides is 1. The monoisotopic (exact) mass is 399 g/mol. The van der Waals surface area contributed by atoms with E-state index >= 15 is 0 Å². The highest BCUT2D eigenvalue weighted by Gasteiger charge is 2.21. The zero-order chi connectivity index (χ0) is 20.1. The van der Waals surface area contributed by atoms with Crippen molar-refractivity contribution < 1.29 is 14.3 Å². The Balaban J connectivity index is 1.83. The van der Waals surface area contributed by atoms with Gasteiger partial charge in [0.2, 0.25) is 0 Å². The van der Waals surface area contributed by atoms with Crippen molar-refractivity contribution in [3.8, 4) is 17.0 Å². The van der Waals surface area contributed by atoms with Gasteiger partial charge in [0.25, 0.3) is 5.91 Å². The number of hydrogen-bond donors (Lipinski definition) is 1. The predicted octanol–water partition coefficient (Wildman–Crippen LogP) is 3.87. The number of para-hydroxylation sites is 1. The molecule has 0 radical (unpaired) electrons. The van der Waals surface area contributed by atoms with E-state index in [0.717, 1.165) is 11.1 Å². The molecular formula is C21H22ClN3O3. The molecule has 0 saturated carbocycles. The van der Waals surface area contributed by atoms with Crippen molar-refractivity contribution in [3.63, 3.8) is 0 Å². The van der Waals surface area contributed by atoms with E-state index < -0.39 is 0 Å². The summed E-state index contributed by atoms with van der Waals surface area (Å²) in [5, 5.41) is 7.97. The molecule has 0 bridgehead atoms. The van der Waals surface area contributed by atoms with Crippen molar-refractivity contribution in [1.29, 1.82) is 0 Å². The molecule has 0 saturated heterocycles. The average Bonchev–Trinajstić information content (AvgIpc) is 3.11. The van der Waals surface area contributed by atoms with E-state index in [4.69, 9.17) is 21.1 Å². The molecule has 1 aromatic heterocycles. The van der Waals surface area contributed by atoms with E-state index in [9.17, 15) is 4.79 Å². The van der Waals surface area contributed by atoms with Crippen LogP contribution in [0, 0.1) is 0 Å². The normalized spacial score (nSPS) is 11.9. The lowest BCUT2D eigenvalue weighted by atomic mass is 10.1. The second-order valence-corrected chi connectivity index (χ2v) is 6.63. The highest BCUT2D eigenvalue weighted by atomic mass is 35.5. The van der Waals surface area contributed by atoms with E-state index in [0.29, 0.717) is 22.0 Å². The molecule has 0 spiro atoms. The van der Waals surface area contributed by atoms with E-state index in [2.05, 4.69) is 10.4 Å². The molecule has 3 aromatic rings. The Morgan fingerprint density at radius 2 is 1.89 bits per heavy atom. The average molecular weight is 400 g/mol. The number of carbonyl (C=O) groups is 1. The number of halogens is 1. The number of hydrogen-bond acceptors (Lipinski definition) is 4. The summed E-state index contributed by atoms with van der Waals surface area (Å²) in [6, 6.07) is 14.9. The minimum Gasteiger partial charge on any atom is -0.496 e. The molecule has 2 aromatic carbocycles. The van der Waals surface area contributed by atoms with Crippen molar-refractivity contribution in [2.24, 2.45) is 7.05 Å². The van der Waals surface area contributed by atoms with Crippen LogP contribution in [0.2, 0.25) is 5.02 Å². The number of nitrogens with zero attached hydrogens (tertiary/aromatic N) is 2. The zero-order valence-corrected chi connectivity index (χ0v) is 16.7. The molecule has 0 aliphatic heterocycles. The predicted molar refractivity (Wildman–Crippen MR) is 109 cm³/mol. The fourth-order valence-corrected chi connectivity index (χ4v) is 3.29. The van der Waals surface area contributed by atoms with E-state index in [1.54, 1.807) is 38.2 Å². The number of methoxy groups -OCH3 is 2. The van der Waals surface area contributed by atoms with Crippen LogP contribution in [0.3, 0.4) is 0 Å². The van der Waals surface area contributed by atoms with Crippen molar-refractivity contribution >= 4 is 17.5 Å². The molecule has 1 heterocycles. The van der Waals surface area contributed by atoms with Crippen LogP contribution in [-0.2, 0) is 11.8 Å². The van der Waals surface area contributed by atoms with Gasteiger partial charge in [-0.1, -0.05) is 41.9 Å². The molecule has 28 heavy (non-hydrogen) atoms. The number of aryl methyl sites for hydroxylation is 1. The van der Waals surface area contributed by atoms with Crippen LogP contribution < -0.4 is 10.1 Å². The maximum Gasteiger partial charge on any atom is 0.255 e. The van der Waals surface area contributed by atoms with Gasteiger partial charge in [-0.05, 0) is 18.2 Å². The van der Waals surface area contributed by atoms with Gasteiger partial charge >= 0.3 is 0 Å². The van der Waals surface area contributed by atoms with Gasteiger partial charge in [0.15, 0.2) is 0 Å². The molecule has 7 heteroatoms. The quantitative estimate of drug-likeness (QED) is 0.655. The molecule has 1 atom stereocenters. The summed E-state index contributed by atoms with van der Waals surface area (Å²) >= 11 is 6.25. The molecule has 6 nitrogen and oxygen atoms in total. The lowest BCUT2D eigenvalue weighted by molar-refractivity contribution is 0.0828. The Hall–Kier alpha value is -2.83. The summed E-state index contributed by atoms with van der Waals surface area (Å²) in [5.74, 6) is 0.407. The van der Waals surface area contributed by atoms with Crippen molar-refractivity contribution in [3.05, 3.63) is 70.9 Å². The molecule has 0 unspecified atom stereocenters. The van der Waals surface area contributed by atoms with Crippen LogP contribution in [0.15, 0.2) is 54.7 Å². The van der Waals surface area contributed by atoms with Crippen LogP contribution in [-0.4, -0.2) is 36.5 Å². The summed E-state index contributed by atoms with van der Waals surface area (Å²) in [4.78, 5) is 12.9. The Kier molecular flexibility index (Phi) is 6.34. The Morgan fingerprint density at radius 3 is 2.61 bits per heavy atom. The standard InChI is InChI=1S/C21H22ClN3O3/c1-25-13-16(20(24-25)15-9-5-7-11-18(15)27-2)21(26)23-12-19(28-3)14-8-4-6-10-17(14)22/h4-11,13,19H,12H2,1-3H3,(H,23,26)/t19-/m1/s1. The van der Waals surface area contributed by atoms with Crippen LogP contribution in [0.25, 0.3) is 11.3 Å². The van der Waals surface area contributed by atoms with Gasteiger partial charge in [0.05, 0.1) is 12.7 Å². The van der Waals surface area contributed by atoms with Gasteiger partial charge in [0, 0.05) is 43.0 Å². The first-order valence-corrected chi connectivity index (χ1v) is 9.15. The van der Waals surface area contributed by atoms with Gasteiger partial charge in [0.1, 0.15) is 17.5 Å². The molecule has 146 valence electrons. The minimum atomic E-state index is -0.357. The summed E-state index contributed by atoms with van der Waals surface area (Å²) < 4.78 is 12.5. The third kappa shape index (κ3) is 4.18. The van der Waals surface area contributed by atoms with Gasteiger partial charge in [-0.2, -0.15) is 5.10 Å².